The number of hydrogen-bond acceptors (Lipinski definition) is 14. The van der Waals surface area contributed by atoms with Gasteiger partial charge < -0.3 is 28.4 Å². The van der Waals surface area contributed by atoms with Gasteiger partial charge in [0.05, 0.1) is 63.1 Å². The molecule has 0 atom stereocenters. The predicted molar refractivity (Wildman–Crippen MR) is 263 cm³/mol. The number of anilines is 4. The van der Waals surface area contributed by atoms with E-state index in [-0.39, 0.29) is 56.9 Å². The van der Waals surface area contributed by atoms with E-state index in [1.165, 1.54) is 35.4 Å². The third-order valence-corrected chi connectivity index (χ3v) is 12.6. The molecule has 0 saturated carbocycles. The Balaban J connectivity index is 1.12. The van der Waals surface area contributed by atoms with Crippen LogP contribution in [0, 0.1) is 0 Å². The monoisotopic (exact) mass is 1020 g/mol. The van der Waals surface area contributed by atoms with Gasteiger partial charge in [-0.25, -0.2) is 19.0 Å². The third-order valence-electron chi connectivity index (χ3n) is 12.6. The van der Waals surface area contributed by atoms with Crippen LogP contribution in [0.2, 0.25) is 0 Å². The fourth-order valence-electron chi connectivity index (χ4n) is 8.82. The molecule has 386 valence electrons. The Kier molecular flexibility index (Phi) is 14.5. The maximum Gasteiger partial charge on any atom is 0.416 e. The molecule has 16 nitrogen and oxygen atoms in total. The van der Waals surface area contributed by atoms with Crippen LogP contribution in [0.4, 0.5) is 49.6 Å². The zero-order chi connectivity index (χ0) is 51.4. The summed E-state index contributed by atoms with van der Waals surface area (Å²) in [6.45, 7) is 8.02. The van der Waals surface area contributed by atoms with Crippen LogP contribution in [-0.2, 0) is 21.8 Å². The lowest BCUT2D eigenvalue weighted by molar-refractivity contribution is -0.138. The Morgan fingerprint density at radius 3 is 1.27 bits per heavy atom. The van der Waals surface area contributed by atoms with E-state index in [1.54, 1.807) is 95.2 Å². The number of pyridine rings is 2. The van der Waals surface area contributed by atoms with Gasteiger partial charge in [0.15, 0.2) is 11.3 Å². The number of nitrogens with zero attached hydrogens (tertiary/aromatic N) is 10. The molecular formula is C52H50F6N10O6. The minimum atomic E-state index is -4.66. The number of hydrogen-bond donors (Lipinski definition) is 0. The number of aromatic nitrogens is 6. The fraction of sp³-hybridized carbons (Fsp3) is 0.308. The second-order valence-corrected chi connectivity index (χ2v) is 17.2. The molecule has 10 rings (SSSR count). The summed E-state index contributed by atoms with van der Waals surface area (Å²) in [5.41, 5.74) is 0.330. The van der Waals surface area contributed by atoms with Crippen molar-refractivity contribution in [3.8, 4) is 45.3 Å². The number of morpholine rings is 2. The molecule has 0 N–H and O–H groups in total. The van der Waals surface area contributed by atoms with Crippen molar-refractivity contribution in [3.05, 3.63) is 133 Å². The highest BCUT2D eigenvalue weighted by atomic mass is 19.4. The number of halogens is 6. The molecule has 0 aliphatic carbocycles. The normalized spacial score (nSPS) is 14.9. The lowest BCUT2D eigenvalue weighted by Crippen LogP contribution is -2.38. The maximum atomic E-state index is 14.2. The highest BCUT2D eigenvalue weighted by molar-refractivity contribution is 5.85. The van der Waals surface area contributed by atoms with Crippen LogP contribution in [0.5, 0.6) is 23.0 Å². The summed E-state index contributed by atoms with van der Waals surface area (Å²) in [5, 5.41) is 13.1. The van der Waals surface area contributed by atoms with Crippen molar-refractivity contribution in [3.63, 3.8) is 0 Å². The van der Waals surface area contributed by atoms with E-state index >= 15 is 0 Å². The zero-order valence-electron chi connectivity index (χ0n) is 40.2. The van der Waals surface area contributed by atoms with Gasteiger partial charge in [-0.2, -0.15) is 36.3 Å². The SMILES string of the molecule is COc1ccc(C(F)(F)F)cc1-c1cccn2nc(N(c3ccc(OCCN4CCOCC4)cc3)N(c3ccc(OCCN4CCOCC4)cc3)c3nc4c(-c5cc(C(F)(F)F)ccc5OC)cccn4n3)nc12. The molecule has 2 fully saturated rings. The molecule has 8 aromatic rings. The summed E-state index contributed by atoms with van der Waals surface area (Å²) in [5.74, 6) is 1.53. The number of hydrazine groups is 1. The van der Waals surface area contributed by atoms with E-state index < -0.39 is 23.5 Å². The average molecular weight is 1030 g/mol. The van der Waals surface area contributed by atoms with E-state index in [0.717, 1.165) is 50.4 Å². The summed E-state index contributed by atoms with van der Waals surface area (Å²) in [6.07, 6.45) is -6.08. The number of ether oxygens (including phenoxy) is 6. The lowest BCUT2D eigenvalue weighted by atomic mass is 10.0. The van der Waals surface area contributed by atoms with Crippen molar-refractivity contribution in [2.24, 2.45) is 0 Å². The smallest absolute Gasteiger partial charge is 0.416 e. The molecule has 74 heavy (non-hydrogen) atoms. The summed E-state index contributed by atoms with van der Waals surface area (Å²) >= 11 is 0. The van der Waals surface area contributed by atoms with Crippen LogP contribution in [-0.4, -0.2) is 132 Å². The highest BCUT2D eigenvalue weighted by Gasteiger charge is 2.34. The number of fused-ring (bicyclic) bond motifs is 2. The van der Waals surface area contributed by atoms with Crippen molar-refractivity contribution in [2.75, 3.05) is 103 Å². The van der Waals surface area contributed by atoms with Crippen LogP contribution in [0.15, 0.2) is 122 Å². The van der Waals surface area contributed by atoms with Gasteiger partial charge >= 0.3 is 12.4 Å². The van der Waals surface area contributed by atoms with Crippen LogP contribution in [0.1, 0.15) is 11.1 Å². The summed E-state index contributed by atoms with van der Waals surface area (Å²) in [6, 6.07) is 27.3. The largest absolute Gasteiger partial charge is 0.496 e. The Hall–Kier alpha value is -7.66. The average Bonchev–Trinajstić information content (AvgIpc) is 4.06. The fourth-order valence-corrected chi connectivity index (χ4v) is 8.82. The minimum Gasteiger partial charge on any atom is -0.496 e. The topological polar surface area (TPSA) is 129 Å². The zero-order valence-corrected chi connectivity index (χ0v) is 40.2. The van der Waals surface area contributed by atoms with Crippen LogP contribution in [0.25, 0.3) is 33.5 Å². The lowest BCUT2D eigenvalue weighted by Gasteiger charge is -2.33. The molecule has 0 amide bonds. The quantitative estimate of drug-likeness (QED) is 0.0635. The first-order chi connectivity index (χ1) is 35.8. The minimum absolute atomic E-state index is 0.0221. The van der Waals surface area contributed by atoms with Gasteiger partial charge in [0.1, 0.15) is 36.2 Å². The number of benzene rings is 4. The Morgan fingerprint density at radius 2 is 0.905 bits per heavy atom. The van der Waals surface area contributed by atoms with E-state index in [4.69, 9.17) is 48.6 Å². The van der Waals surface area contributed by atoms with Crippen LogP contribution < -0.4 is 29.0 Å². The van der Waals surface area contributed by atoms with E-state index in [1.807, 2.05) is 0 Å². The van der Waals surface area contributed by atoms with Gasteiger partial charge in [0.25, 0.3) is 11.9 Å². The highest BCUT2D eigenvalue weighted by Crippen LogP contribution is 2.42. The first kappa shape index (κ1) is 49.9. The summed E-state index contributed by atoms with van der Waals surface area (Å²) in [4.78, 5) is 14.6. The van der Waals surface area contributed by atoms with E-state index in [0.29, 0.717) is 75.6 Å². The van der Waals surface area contributed by atoms with Crippen molar-refractivity contribution in [2.45, 2.75) is 12.4 Å². The standard InChI is InChI=1S/C52H50F6N10O6/c1-69-45-17-7-35(51(53,54)55)33-43(45)41-5-3-19-65-47(41)59-49(61-65)67(37-9-13-39(14-10-37)73-31-25-63-21-27-71-28-22-63)68(38-11-15-40(16-12-38)74-32-26-64-23-29-72-30-24-64)50-60-48-42(6-4-20-66(48)62-50)44-34-36(52(56,57)58)8-18-46(44)70-2/h3-20,33-34H,21-32H2,1-2H3. The summed E-state index contributed by atoms with van der Waals surface area (Å²) in [7, 11) is 2.74. The van der Waals surface area contributed by atoms with Crippen LogP contribution in [0.3, 0.4) is 0 Å². The molecule has 0 spiro atoms. The summed E-state index contributed by atoms with van der Waals surface area (Å²) < 4.78 is 123. The van der Waals surface area contributed by atoms with Gasteiger partial charge in [0, 0.05) is 73.9 Å². The molecule has 6 heterocycles. The number of rotatable bonds is 17. The van der Waals surface area contributed by atoms with Gasteiger partial charge in [-0.1, -0.05) is 0 Å². The van der Waals surface area contributed by atoms with Gasteiger partial charge in [-0.05, 0) is 109 Å². The van der Waals surface area contributed by atoms with E-state index in [2.05, 4.69) is 9.80 Å². The molecular weight excluding hydrogens is 975 g/mol. The number of methoxy groups -OCH3 is 2. The first-order valence-electron chi connectivity index (χ1n) is 23.7. The second kappa shape index (κ2) is 21.4. The molecule has 4 aromatic heterocycles. The van der Waals surface area contributed by atoms with Crippen molar-refractivity contribution < 1.29 is 54.8 Å². The molecule has 0 unspecified atom stereocenters. The molecule has 2 aliphatic rings. The van der Waals surface area contributed by atoms with Gasteiger partial charge in [-0.3, -0.25) is 9.80 Å². The van der Waals surface area contributed by atoms with E-state index in [9.17, 15) is 26.3 Å². The van der Waals surface area contributed by atoms with Crippen molar-refractivity contribution >= 4 is 34.6 Å². The second-order valence-electron chi connectivity index (χ2n) is 17.2. The van der Waals surface area contributed by atoms with Gasteiger partial charge in [0.2, 0.25) is 0 Å². The van der Waals surface area contributed by atoms with Gasteiger partial charge in [-0.15, -0.1) is 10.2 Å². The molecule has 2 aliphatic heterocycles. The third kappa shape index (κ3) is 10.8. The molecule has 4 aromatic carbocycles. The Bertz CT molecular complexity index is 2980. The Labute approximate surface area is 420 Å². The molecule has 0 bridgehead atoms. The van der Waals surface area contributed by atoms with Crippen molar-refractivity contribution in [1.82, 2.24) is 39.0 Å². The number of alkyl halides is 6. The molecule has 22 heteroatoms. The predicted octanol–water partition coefficient (Wildman–Crippen LogP) is 9.47. The first-order valence-corrected chi connectivity index (χ1v) is 23.7. The Morgan fingerprint density at radius 1 is 0.514 bits per heavy atom. The maximum absolute atomic E-state index is 14.2. The van der Waals surface area contributed by atoms with Crippen LogP contribution >= 0.6 is 0 Å². The molecule has 0 radical (unpaired) electrons. The van der Waals surface area contributed by atoms with Crippen molar-refractivity contribution in [1.29, 1.82) is 0 Å². The molecule has 2 saturated heterocycles.